The van der Waals surface area contributed by atoms with Gasteiger partial charge in [0.05, 0.1) is 11.4 Å². The Morgan fingerprint density at radius 1 is 1.20 bits per heavy atom. The van der Waals surface area contributed by atoms with Gasteiger partial charge in [-0.2, -0.15) is 5.26 Å². The predicted molar refractivity (Wildman–Crippen MR) is 123 cm³/mol. The first kappa shape index (κ1) is 25.1. The number of halogens is 4. The molecule has 0 bridgehead atoms. The number of nitrogens with one attached hydrogen (secondary N) is 1. The average molecular weight is 509 g/mol. The standard InChI is InChI=1S/C24H24F4N4O2S/c1-24(2,3)12-32-11-18(22(23(27)28)31-35(33,34)14-4-5-14)17-7-19(26)15(8-21(17)32)16-6-13(25)10-30-20(16)9-29/h6-8,10-11,14,22-23,31H,4-5,12H2,1-3H3. The number of hydrogen-bond donors (Lipinski definition) is 1. The molecule has 6 nitrogen and oxygen atoms in total. The second-order valence-electron chi connectivity index (χ2n) is 9.96. The number of alkyl halides is 2. The number of benzene rings is 1. The van der Waals surface area contributed by atoms with Crippen molar-refractivity contribution >= 4 is 20.9 Å². The van der Waals surface area contributed by atoms with Crippen LogP contribution >= 0.6 is 0 Å². The summed E-state index contributed by atoms with van der Waals surface area (Å²) in [4.78, 5) is 3.71. The number of sulfonamides is 1. The van der Waals surface area contributed by atoms with E-state index >= 15 is 4.39 Å². The SMILES string of the molecule is CC(C)(C)Cn1cc(C(NS(=O)(=O)C2CC2)C(F)F)c2cc(F)c(-c3cc(F)cnc3C#N)cc21. The van der Waals surface area contributed by atoms with E-state index in [2.05, 4.69) is 9.71 Å². The molecule has 1 atom stereocenters. The summed E-state index contributed by atoms with van der Waals surface area (Å²) in [6, 6.07) is 3.29. The molecule has 0 spiro atoms. The fraction of sp³-hybridized carbons (Fsp3) is 0.417. The predicted octanol–water partition coefficient (Wildman–Crippen LogP) is 5.29. The lowest BCUT2D eigenvalue weighted by molar-refractivity contribution is 0.109. The van der Waals surface area contributed by atoms with Crippen molar-refractivity contribution in [2.24, 2.45) is 5.41 Å². The van der Waals surface area contributed by atoms with Gasteiger partial charge < -0.3 is 4.57 Å². The van der Waals surface area contributed by atoms with Crippen molar-refractivity contribution in [2.45, 2.75) is 57.9 Å². The first-order valence-electron chi connectivity index (χ1n) is 11.0. The number of aromatic nitrogens is 2. The first-order chi connectivity index (χ1) is 16.3. The lowest BCUT2D eigenvalue weighted by Crippen LogP contribution is -2.35. The maximum atomic E-state index is 15.3. The summed E-state index contributed by atoms with van der Waals surface area (Å²) >= 11 is 0. The highest BCUT2D eigenvalue weighted by atomic mass is 32.2. The zero-order valence-electron chi connectivity index (χ0n) is 19.3. The molecule has 1 N–H and O–H groups in total. The zero-order chi connectivity index (χ0) is 25.7. The summed E-state index contributed by atoms with van der Waals surface area (Å²) in [7, 11) is -3.97. The summed E-state index contributed by atoms with van der Waals surface area (Å²) in [5, 5.41) is 8.76. The van der Waals surface area contributed by atoms with E-state index in [4.69, 9.17) is 0 Å². The van der Waals surface area contributed by atoms with Crippen LogP contribution in [0.5, 0.6) is 0 Å². The lowest BCUT2D eigenvalue weighted by Gasteiger charge is -2.20. The molecule has 11 heteroatoms. The summed E-state index contributed by atoms with van der Waals surface area (Å²) < 4.78 is 86.2. The van der Waals surface area contributed by atoms with Crippen molar-refractivity contribution < 1.29 is 26.0 Å². The number of pyridine rings is 1. The number of hydrogen-bond acceptors (Lipinski definition) is 4. The molecule has 0 saturated heterocycles. The molecule has 1 aromatic carbocycles. The highest BCUT2D eigenvalue weighted by Gasteiger charge is 2.40. The van der Waals surface area contributed by atoms with E-state index in [1.807, 2.05) is 20.8 Å². The van der Waals surface area contributed by atoms with Gasteiger partial charge in [0.1, 0.15) is 29.4 Å². The van der Waals surface area contributed by atoms with Gasteiger partial charge in [-0.1, -0.05) is 20.8 Å². The van der Waals surface area contributed by atoms with E-state index in [0.29, 0.717) is 24.9 Å². The van der Waals surface area contributed by atoms with Crippen LogP contribution < -0.4 is 4.72 Å². The highest BCUT2D eigenvalue weighted by Crippen LogP contribution is 2.38. The van der Waals surface area contributed by atoms with Crippen LogP contribution in [0.25, 0.3) is 22.0 Å². The molecule has 1 unspecified atom stereocenters. The maximum Gasteiger partial charge on any atom is 0.258 e. The molecule has 1 aliphatic carbocycles. The van der Waals surface area contributed by atoms with Gasteiger partial charge >= 0.3 is 0 Å². The third kappa shape index (κ3) is 5.18. The van der Waals surface area contributed by atoms with E-state index in [9.17, 15) is 26.9 Å². The van der Waals surface area contributed by atoms with E-state index in [-0.39, 0.29) is 33.2 Å². The van der Waals surface area contributed by atoms with Crippen LogP contribution in [0.1, 0.15) is 50.9 Å². The summed E-state index contributed by atoms with van der Waals surface area (Å²) in [6.45, 7) is 6.11. The number of fused-ring (bicyclic) bond motifs is 1. The fourth-order valence-electron chi connectivity index (χ4n) is 4.07. The largest absolute Gasteiger partial charge is 0.347 e. The molecule has 3 aromatic rings. The maximum absolute atomic E-state index is 15.3. The molecule has 2 heterocycles. The van der Waals surface area contributed by atoms with Crippen molar-refractivity contribution in [1.29, 1.82) is 5.26 Å². The molecule has 0 radical (unpaired) electrons. The molecule has 2 aromatic heterocycles. The molecule has 35 heavy (non-hydrogen) atoms. The molecule has 0 aliphatic heterocycles. The molecule has 186 valence electrons. The quantitative estimate of drug-likeness (QED) is 0.440. The second-order valence-corrected chi connectivity index (χ2v) is 12.0. The van der Waals surface area contributed by atoms with Crippen LogP contribution in [-0.4, -0.2) is 29.6 Å². The summed E-state index contributed by atoms with van der Waals surface area (Å²) in [5.74, 6) is -1.65. The van der Waals surface area contributed by atoms with Gasteiger partial charge in [0.2, 0.25) is 10.0 Å². The number of rotatable bonds is 7. The average Bonchev–Trinajstić information content (AvgIpc) is 3.56. The van der Waals surface area contributed by atoms with Gasteiger partial charge in [-0.05, 0) is 36.5 Å². The van der Waals surface area contributed by atoms with Gasteiger partial charge in [-0.3, -0.25) is 0 Å². The minimum absolute atomic E-state index is 0.0631. The van der Waals surface area contributed by atoms with Gasteiger partial charge in [0.25, 0.3) is 6.43 Å². The third-order valence-electron chi connectivity index (χ3n) is 5.74. The minimum Gasteiger partial charge on any atom is -0.347 e. The monoisotopic (exact) mass is 508 g/mol. The van der Waals surface area contributed by atoms with Gasteiger partial charge in [-0.15, -0.1) is 0 Å². The Bertz CT molecular complexity index is 1430. The zero-order valence-corrected chi connectivity index (χ0v) is 20.1. The van der Waals surface area contributed by atoms with Crippen LogP contribution in [0.15, 0.2) is 30.6 Å². The van der Waals surface area contributed by atoms with Crippen molar-refractivity contribution in [2.75, 3.05) is 0 Å². The number of nitriles is 1. The topological polar surface area (TPSA) is 87.8 Å². The Morgan fingerprint density at radius 3 is 2.46 bits per heavy atom. The molecule has 1 fully saturated rings. The minimum atomic E-state index is -3.97. The van der Waals surface area contributed by atoms with E-state index in [0.717, 1.165) is 18.3 Å². The van der Waals surface area contributed by atoms with Crippen LogP contribution in [0.2, 0.25) is 0 Å². The van der Waals surface area contributed by atoms with Crippen molar-refractivity contribution in [3.63, 3.8) is 0 Å². The molecule has 1 saturated carbocycles. The third-order valence-corrected chi connectivity index (χ3v) is 7.67. The Labute approximate surface area is 200 Å². The van der Waals surface area contributed by atoms with Crippen molar-refractivity contribution in [3.05, 3.63) is 53.5 Å². The van der Waals surface area contributed by atoms with E-state index in [1.54, 1.807) is 10.6 Å². The van der Waals surface area contributed by atoms with E-state index in [1.165, 1.54) is 12.3 Å². The molecule has 0 amide bonds. The number of nitrogens with zero attached hydrogens (tertiary/aromatic N) is 3. The van der Waals surface area contributed by atoms with Crippen LogP contribution in [-0.2, 0) is 16.6 Å². The first-order valence-corrected chi connectivity index (χ1v) is 12.5. The molecular weight excluding hydrogens is 484 g/mol. The molecular formula is C24H24F4N4O2S. The van der Waals surface area contributed by atoms with Gasteiger partial charge in [-0.25, -0.2) is 35.7 Å². The van der Waals surface area contributed by atoms with Crippen molar-refractivity contribution in [1.82, 2.24) is 14.3 Å². The second kappa shape index (κ2) is 8.91. The van der Waals surface area contributed by atoms with Crippen LogP contribution in [0, 0.1) is 28.4 Å². The normalized spacial score (nSPS) is 15.5. The Balaban J connectivity index is 1.94. The Morgan fingerprint density at radius 2 is 1.89 bits per heavy atom. The fourth-order valence-corrected chi connectivity index (χ4v) is 5.60. The Kier molecular flexibility index (Phi) is 6.40. The van der Waals surface area contributed by atoms with E-state index < -0.39 is 39.4 Å². The highest BCUT2D eigenvalue weighted by molar-refractivity contribution is 7.90. The molecule has 1 aliphatic rings. The van der Waals surface area contributed by atoms with Crippen LogP contribution in [0.3, 0.4) is 0 Å². The smallest absolute Gasteiger partial charge is 0.258 e. The summed E-state index contributed by atoms with van der Waals surface area (Å²) in [6.07, 6.45) is -0.0356. The molecule has 4 rings (SSSR count). The summed E-state index contributed by atoms with van der Waals surface area (Å²) in [5.41, 5.74) is -0.419. The van der Waals surface area contributed by atoms with Gasteiger partial charge in [0.15, 0.2) is 0 Å². The van der Waals surface area contributed by atoms with Crippen molar-refractivity contribution in [3.8, 4) is 17.2 Å². The lowest BCUT2D eigenvalue weighted by atomic mass is 9.96. The Hall–Kier alpha value is -2.97. The van der Waals surface area contributed by atoms with Gasteiger partial charge in [0, 0.05) is 40.3 Å². The van der Waals surface area contributed by atoms with Crippen LogP contribution in [0.4, 0.5) is 17.6 Å².